The summed E-state index contributed by atoms with van der Waals surface area (Å²) < 4.78 is 44.1. The molecule has 0 aliphatic heterocycles. The molecule has 2 amide bonds. The van der Waals surface area contributed by atoms with Crippen molar-refractivity contribution in [3.05, 3.63) is 130 Å². The molecule has 246 valence electrons. The van der Waals surface area contributed by atoms with Gasteiger partial charge in [0, 0.05) is 23.5 Å². The van der Waals surface area contributed by atoms with Gasteiger partial charge in [-0.15, -0.1) is 0 Å². The molecule has 4 aromatic carbocycles. The molecule has 1 saturated carbocycles. The summed E-state index contributed by atoms with van der Waals surface area (Å²) in [6.45, 7) is 1.33. The minimum Gasteiger partial charge on any atom is -0.352 e. The highest BCUT2D eigenvalue weighted by Crippen LogP contribution is 2.26. The molecule has 1 N–H and O–H groups in total. The third-order valence-electron chi connectivity index (χ3n) is 8.49. The molecule has 4 aromatic rings. The van der Waals surface area contributed by atoms with Gasteiger partial charge in [-0.1, -0.05) is 95.4 Å². The van der Waals surface area contributed by atoms with Gasteiger partial charge in [-0.05, 0) is 79.4 Å². The average Bonchev–Trinajstić information content (AvgIpc) is 3.07. The summed E-state index contributed by atoms with van der Waals surface area (Å²) in [6.07, 6.45) is 5.17. The number of anilines is 1. The minimum atomic E-state index is -4.26. The zero-order valence-corrected chi connectivity index (χ0v) is 28.7. The monoisotopic (exact) mass is 719 g/mol. The molecule has 0 spiro atoms. The van der Waals surface area contributed by atoms with E-state index in [1.54, 1.807) is 12.1 Å². The Morgan fingerprint density at radius 3 is 2.13 bits per heavy atom. The van der Waals surface area contributed by atoms with Crippen LogP contribution in [0.4, 0.5) is 10.1 Å². The van der Waals surface area contributed by atoms with Crippen LogP contribution >= 0.6 is 15.9 Å². The molecule has 0 saturated heterocycles. The van der Waals surface area contributed by atoms with E-state index in [1.165, 1.54) is 29.2 Å². The molecule has 0 aromatic heterocycles. The summed E-state index contributed by atoms with van der Waals surface area (Å²) >= 11 is 3.46. The van der Waals surface area contributed by atoms with Gasteiger partial charge in [-0.2, -0.15) is 0 Å². The summed E-state index contributed by atoms with van der Waals surface area (Å²) in [4.78, 5) is 30.2. The lowest BCUT2D eigenvalue weighted by Crippen LogP contribution is -2.55. The topological polar surface area (TPSA) is 86.8 Å². The van der Waals surface area contributed by atoms with E-state index >= 15 is 0 Å². The predicted molar refractivity (Wildman–Crippen MR) is 186 cm³/mol. The molecule has 0 heterocycles. The van der Waals surface area contributed by atoms with Crippen molar-refractivity contribution in [3.8, 4) is 0 Å². The first kappa shape index (κ1) is 34.3. The van der Waals surface area contributed by atoms with Crippen LogP contribution in [0.15, 0.2) is 112 Å². The Morgan fingerprint density at radius 2 is 1.49 bits per heavy atom. The second-order valence-corrected chi connectivity index (χ2v) is 14.8. The zero-order chi connectivity index (χ0) is 33.4. The van der Waals surface area contributed by atoms with E-state index in [9.17, 15) is 22.4 Å². The largest absolute Gasteiger partial charge is 0.352 e. The number of hydrogen-bond donors (Lipinski definition) is 1. The number of sulfonamides is 1. The standard InChI is InChI=1S/C37H39BrFN3O4S/c1-27-12-22-34(23-13-27)47(45,46)42(33-20-18-31(39)19-21-33)26-36(43)41(25-29-14-16-30(38)17-15-29)35(24-28-8-4-2-5-9-28)37(44)40-32-10-6-3-7-11-32/h2,4-5,8-9,12-23,32,35H,3,6-7,10-11,24-26H2,1H3,(H,40,44). The van der Waals surface area contributed by atoms with Gasteiger partial charge < -0.3 is 10.2 Å². The molecule has 10 heteroatoms. The van der Waals surface area contributed by atoms with E-state index in [-0.39, 0.29) is 35.5 Å². The highest BCUT2D eigenvalue weighted by molar-refractivity contribution is 9.10. The number of carbonyl (C=O) groups is 2. The van der Waals surface area contributed by atoms with Crippen molar-refractivity contribution in [1.82, 2.24) is 10.2 Å². The van der Waals surface area contributed by atoms with E-state index in [0.29, 0.717) is 0 Å². The molecule has 5 rings (SSSR count). The number of rotatable bonds is 12. The van der Waals surface area contributed by atoms with Crippen LogP contribution in [0.2, 0.25) is 0 Å². The Kier molecular flexibility index (Phi) is 11.5. The van der Waals surface area contributed by atoms with Crippen LogP contribution in [0.1, 0.15) is 48.8 Å². The van der Waals surface area contributed by atoms with E-state index in [4.69, 9.17) is 0 Å². The van der Waals surface area contributed by atoms with Crippen molar-refractivity contribution in [1.29, 1.82) is 0 Å². The van der Waals surface area contributed by atoms with Crippen LogP contribution in [-0.2, 0) is 32.6 Å². The summed E-state index contributed by atoms with van der Waals surface area (Å²) in [6, 6.07) is 27.4. The van der Waals surface area contributed by atoms with Crippen molar-refractivity contribution in [2.24, 2.45) is 0 Å². The molecule has 1 aliphatic carbocycles. The summed E-state index contributed by atoms with van der Waals surface area (Å²) in [7, 11) is -4.26. The van der Waals surface area contributed by atoms with Gasteiger partial charge in [-0.3, -0.25) is 13.9 Å². The normalized spacial score (nSPS) is 14.3. The molecule has 47 heavy (non-hydrogen) atoms. The fourth-order valence-corrected chi connectivity index (χ4v) is 7.54. The van der Waals surface area contributed by atoms with Crippen molar-refractivity contribution in [2.45, 2.75) is 69.0 Å². The van der Waals surface area contributed by atoms with Crippen molar-refractivity contribution in [3.63, 3.8) is 0 Å². The van der Waals surface area contributed by atoms with Crippen molar-refractivity contribution >= 4 is 43.5 Å². The smallest absolute Gasteiger partial charge is 0.264 e. The third-order valence-corrected chi connectivity index (χ3v) is 10.8. The molecule has 1 fully saturated rings. The summed E-state index contributed by atoms with van der Waals surface area (Å²) in [5, 5.41) is 3.21. The Bertz CT molecular complexity index is 1750. The Morgan fingerprint density at radius 1 is 0.851 bits per heavy atom. The molecular formula is C37H39BrFN3O4S. The van der Waals surface area contributed by atoms with Gasteiger partial charge in [-0.25, -0.2) is 12.8 Å². The van der Waals surface area contributed by atoms with Crippen LogP contribution in [0.5, 0.6) is 0 Å². The van der Waals surface area contributed by atoms with Gasteiger partial charge in [0.2, 0.25) is 11.8 Å². The van der Waals surface area contributed by atoms with E-state index in [2.05, 4.69) is 21.2 Å². The van der Waals surface area contributed by atoms with Gasteiger partial charge in [0.25, 0.3) is 10.0 Å². The number of amides is 2. The Labute approximate surface area is 285 Å². The Balaban J connectivity index is 1.55. The van der Waals surface area contributed by atoms with Crippen molar-refractivity contribution < 1.29 is 22.4 Å². The number of nitrogens with one attached hydrogen (secondary N) is 1. The molecule has 7 nitrogen and oxygen atoms in total. The van der Waals surface area contributed by atoms with E-state index in [0.717, 1.165) is 69.7 Å². The quantitative estimate of drug-likeness (QED) is 0.168. The van der Waals surface area contributed by atoms with Crippen molar-refractivity contribution in [2.75, 3.05) is 10.8 Å². The maximum absolute atomic E-state index is 14.6. The highest BCUT2D eigenvalue weighted by Gasteiger charge is 2.35. The lowest BCUT2D eigenvalue weighted by Gasteiger charge is -2.35. The first-order valence-corrected chi connectivity index (χ1v) is 18.1. The number of hydrogen-bond acceptors (Lipinski definition) is 4. The molecule has 1 aliphatic rings. The van der Waals surface area contributed by atoms with Gasteiger partial charge in [0.05, 0.1) is 10.6 Å². The number of benzene rings is 4. The lowest BCUT2D eigenvalue weighted by atomic mass is 9.94. The SMILES string of the molecule is Cc1ccc(S(=O)(=O)N(CC(=O)N(Cc2ccc(Br)cc2)C(Cc2ccccc2)C(=O)NC2CCCCC2)c2ccc(F)cc2)cc1. The molecule has 1 atom stereocenters. The maximum atomic E-state index is 14.6. The second kappa shape index (κ2) is 15.7. The van der Waals surface area contributed by atoms with Crippen LogP contribution in [0.3, 0.4) is 0 Å². The summed E-state index contributed by atoms with van der Waals surface area (Å²) in [5.74, 6) is -1.37. The van der Waals surface area contributed by atoms with Gasteiger partial charge in [0.1, 0.15) is 18.4 Å². The fourth-order valence-electron chi connectivity index (χ4n) is 5.86. The number of aryl methyl sites for hydroxylation is 1. The summed E-state index contributed by atoms with van der Waals surface area (Å²) in [5.41, 5.74) is 2.66. The Hall–Kier alpha value is -4.02. The van der Waals surface area contributed by atoms with Crippen LogP contribution in [0.25, 0.3) is 0 Å². The molecular weight excluding hydrogens is 681 g/mol. The van der Waals surface area contributed by atoms with E-state index in [1.807, 2.05) is 61.5 Å². The first-order valence-electron chi connectivity index (χ1n) is 15.8. The number of nitrogens with zero attached hydrogens (tertiary/aromatic N) is 2. The predicted octanol–water partition coefficient (Wildman–Crippen LogP) is 7.18. The van der Waals surface area contributed by atoms with Crippen LogP contribution in [0, 0.1) is 12.7 Å². The van der Waals surface area contributed by atoms with Crippen LogP contribution < -0.4 is 9.62 Å². The first-order chi connectivity index (χ1) is 22.6. The van der Waals surface area contributed by atoms with Gasteiger partial charge >= 0.3 is 0 Å². The number of carbonyl (C=O) groups excluding carboxylic acids is 2. The van der Waals surface area contributed by atoms with Crippen LogP contribution in [-0.4, -0.2) is 43.8 Å². The lowest BCUT2D eigenvalue weighted by molar-refractivity contribution is -0.140. The zero-order valence-electron chi connectivity index (χ0n) is 26.3. The molecule has 0 radical (unpaired) electrons. The minimum absolute atomic E-state index is 0.00411. The molecule has 1 unspecified atom stereocenters. The molecule has 0 bridgehead atoms. The van der Waals surface area contributed by atoms with E-state index < -0.39 is 34.3 Å². The second-order valence-electron chi connectivity index (χ2n) is 12.0. The van der Waals surface area contributed by atoms with Gasteiger partial charge in [0.15, 0.2) is 0 Å². The highest BCUT2D eigenvalue weighted by atomic mass is 79.9. The maximum Gasteiger partial charge on any atom is 0.264 e. The average molecular weight is 721 g/mol. The third kappa shape index (κ3) is 9.08. The number of halogens is 2. The fraction of sp³-hybridized carbons (Fsp3) is 0.297.